The van der Waals surface area contributed by atoms with E-state index >= 15 is 0 Å². The van der Waals surface area contributed by atoms with Gasteiger partial charge < -0.3 is 14.8 Å². The Kier molecular flexibility index (Phi) is 7.42. The van der Waals surface area contributed by atoms with Crippen molar-refractivity contribution in [1.82, 2.24) is 9.62 Å². The smallest absolute Gasteiger partial charge is 0.251 e. The first-order valence-corrected chi connectivity index (χ1v) is 10.3. The van der Waals surface area contributed by atoms with Crippen molar-refractivity contribution in [3.63, 3.8) is 0 Å². The van der Waals surface area contributed by atoms with Crippen LogP contribution in [0.3, 0.4) is 0 Å². The molecule has 28 heavy (non-hydrogen) atoms. The minimum Gasteiger partial charge on any atom is -0.493 e. The molecule has 0 fully saturated rings. The lowest BCUT2D eigenvalue weighted by molar-refractivity contribution is 0.0963. The third-order valence-corrected chi connectivity index (χ3v) is 6.11. The number of nitrogens with zero attached hydrogens (tertiary/aromatic N) is 1. The number of nitrogens with one attached hydrogen (secondary N) is 1. The number of methoxy groups -OCH3 is 2. The highest BCUT2D eigenvalue weighted by Gasteiger charge is 2.25. The van der Waals surface area contributed by atoms with Crippen LogP contribution in [0.2, 0.25) is 0 Å². The molecular weight excluding hydrogens is 380 g/mol. The molecule has 7 nitrogen and oxygen atoms in total. The topological polar surface area (TPSA) is 84.9 Å². The largest absolute Gasteiger partial charge is 0.493 e. The molecular formula is C20H26N2O5S. The summed E-state index contributed by atoms with van der Waals surface area (Å²) in [6.07, 6.45) is 0.669. The second-order valence-corrected chi connectivity index (χ2v) is 8.07. The van der Waals surface area contributed by atoms with Gasteiger partial charge in [-0.1, -0.05) is 19.1 Å². The average Bonchev–Trinajstić information content (AvgIpc) is 2.72. The van der Waals surface area contributed by atoms with Gasteiger partial charge in [0, 0.05) is 31.8 Å². The van der Waals surface area contributed by atoms with Gasteiger partial charge >= 0.3 is 0 Å². The molecule has 0 bridgehead atoms. The first-order chi connectivity index (χ1) is 13.4. The molecule has 0 aliphatic rings. The molecule has 0 radical (unpaired) electrons. The third kappa shape index (κ3) is 4.82. The molecule has 0 aliphatic carbocycles. The van der Waals surface area contributed by atoms with Crippen molar-refractivity contribution >= 4 is 15.9 Å². The maximum absolute atomic E-state index is 13.2. The van der Waals surface area contributed by atoms with E-state index in [2.05, 4.69) is 5.32 Å². The van der Waals surface area contributed by atoms with E-state index in [1.165, 1.54) is 30.7 Å². The average molecular weight is 407 g/mol. The van der Waals surface area contributed by atoms with Gasteiger partial charge in [-0.3, -0.25) is 4.79 Å². The molecule has 0 saturated carbocycles. The first-order valence-electron chi connectivity index (χ1n) is 8.90. The van der Waals surface area contributed by atoms with Crippen LogP contribution in [0.5, 0.6) is 11.5 Å². The van der Waals surface area contributed by atoms with Gasteiger partial charge in [0.1, 0.15) is 0 Å². The number of amides is 1. The highest BCUT2D eigenvalue weighted by molar-refractivity contribution is 7.89. The Morgan fingerprint density at radius 1 is 1.04 bits per heavy atom. The molecule has 0 aromatic heterocycles. The molecule has 2 aromatic rings. The van der Waals surface area contributed by atoms with Crippen molar-refractivity contribution < 1.29 is 22.7 Å². The summed E-state index contributed by atoms with van der Waals surface area (Å²) in [7, 11) is 0.795. The Morgan fingerprint density at radius 3 is 2.21 bits per heavy atom. The SMILES string of the molecule is CCCN(Cc1ccc(C(=O)NC)cc1)S(=O)(=O)c1ccc(OC)c(OC)c1. The number of ether oxygens (including phenoxy) is 2. The van der Waals surface area contributed by atoms with Crippen LogP contribution in [-0.2, 0) is 16.6 Å². The Morgan fingerprint density at radius 2 is 1.68 bits per heavy atom. The van der Waals surface area contributed by atoms with Crippen molar-refractivity contribution in [2.45, 2.75) is 24.8 Å². The fourth-order valence-electron chi connectivity index (χ4n) is 2.77. The molecule has 0 spiro atoms. The van der Waals surface area contributed by atoms with Crippen molar-refractivity contribution in [2.24, 2.45) is 0 Å². The Balaban J connectivity index is 2.32. The first kappa shape index (κ1) is 21.7. The van der Waals surface area contributed by atoms with Gasteiger partial charge in [-0.05, 0) is 36.2 Å². The number of hydrogen-bond donors (Lipinski definition) is 1. The fourth-order valence-corrected chi connectivity index (χ4v) is 4.31. The minimum atomic E-state index is -3.73. The Bertz CT molecular complexity index is 911. The molecule has 0 unspecified atom stereocenters. The normalized spacial score (nSPS) is 11.3. The van der Waals surface area contributed by atoms with E-state index in [4.69, 9.17) is 9.47 Å². The fraction of sp³-hybridized carbons (Fsp3) is 0.350. The Labute approximate surface area is 166 Å². The van der Waals surface area contributed by atoms with Crippen molar-refractivity contribution in [3.05, 3.63) is 53.6 Å². The highest BCUT2D eigenvalue weighted by atomic mass is 32.2. The molecule has 1 N–H and O–H groups in total. The quantitative estimate of drug-likeness (QED) is 0.692. The summed E-state index contributed by atoms with van der Waals surface area (Å²) in [5.41, 5.74) is 1.32. The number of carbonyl (C=O) groups is 1. The molecule has 0 heterocycles. The van der Waals surface area contributed by atoms with Crippen molar-refractivity contribution in [3.8, 4) is 11.5 Å². The highest BCUT2D eigenvalue weighted by Crippen LogP contribution is 2.31. The van der Waals surface area contributed by atoms with Gasteiger partial charge in [0.05, 0.1) is 19.1 Å². The number of hydrogen-bond acceptors (Lipinski definition) is 5. The van der Waals surface area contributed by atoms with E-state index in [0.717, 1.165) is 5.56 Å². The summed E-state index contributed by atoms with van der Waals surface area (Å²) in [5, 5.41) is 2.56. The van der Waals surface area contributed by atoms with E-state index < -0.39 is 10.0 Å². The third-order valence-electron chi connectivity index (χ3n) is 4.27. The zero-order valence-electron chi connectivity index (χ0n) is 16.6. The summed E-state index contributed by atoms with van der Waals surface area (Å²) in [5.74, 6) is 0.637. The predicted molar refractivity (Wildman–Crippen MR) is 107 cm³/mol. The molecule has 1 amide bonds. The van der Waals surface area contributed by atoms with E-state index in [0.29, 0.717) is 30.0 Å². The summed E-state index contributed by atoms with van der Waals surface area (Å²) >= 11 is 0. The van der Waals surface area contributed by atoms with Crippen LogP contribution in [-0.4, -0.2) is 46.4 Å². The van der Waals surface area contributed by atoms with Crippen LogP contribution in [0, 0.1) is 0 Å². The summed E-state index contributed by atoms with van der Waals surface area (Å²) in [4.78, 5) is 11.8. The van der Waals surface area contributed by atoms with Gasteiger partial charge in [0.15, 0.2) is 11.5 Å². The summed E-state index contributed by atoms with van der Waals surface area (Å²) < 4.78 is 38.2. The van der Waals surface area contributed by atoms with Crippen LogP contribution in [0.4, 0.5) is 0 Å². The number of carbonyl (C=O) groups excluding carboxylic acids is 1. The number of rotatable bonds is 9. The van der Waals surface area contributed by atoms with Gasteiger partial charge in [-0.25, -0.2) is 8.42 Å². The molecule has 0 saturated heterocycles. The van der Waals surface area contributed by atoms with Crippen molar-refractivity contribution in [2.75, 3.05) is 27.8 Å². The van der Waals surface area contributed by atoms with E-state index in [1.54, 1.807) is 37.4 Å². The molecule has 0 atom stereocenters. The van der Waals surface area contributed by atoms with E-state index in [9.17, 15) is 13.2 Å². The predicted octanol–water partition coefficient (Wildman–Crippen LogP) is 2.66. The summed E-state index contributed by atoms with van der Waals surface area (Å²) in [6.45, 7) is 2.50. The zero-order chi connectivity index (χ0) is 20.7. The molecule has 2 rings (SSSR count). The lowest BCUT2D eigenvalue weighted by atomic mass is 10.1. The lowest BCUT2D eigenvalue weighted by Gasteiger charge is -2.22. The van der Waals surface area contributed by atoms with Gasteiger partial charge in [0.25, 0.3) is 5.91 Å². The molecule has 0 aliphatic heterocycles. The second-order valence-electron chi connectivity index (χ2n) is 6.13. The van der Waals surface area contributed by atoms with Crippen LogP contribution in [0.25, 0.3) is 0 Å². The monoisotopic (exact) mass is 406 g/mol. The number of sulfonamides is 1. The molecule has 152 valence electrons. The zero-order valence-corrected chi connectivity index (χ0v) is 17.4. The maximum Gasteiger partial charge on any atom is 0.251 e. The van der Waals surface area contributed by atoms with Crippen molar-refractivity contribution in [1.29, 1.82) is 0 Å². The minimum absolute atomic E-state index is 0.139. The van der Waals surface area contributed by atoms with E-state index in [1.807, 2.05) is 6.92 Å². The van der Waals surface area contributed by atoms with Crippen LogP contribution < -0.4 is 14.8 Å². The number of benzene rings is 2. The van der Waals surface area contributed by atoms with Crippen LogP contribution in [0.15, 0.2) is 47.4 Å². The Hall–Kier alpha value is -2.58. The molecule has 2 aromatic carbocycles. The van der Waals surface area contributed by atoms with Crippen LogP contribution in [0.1, 0.15) is 29.3 Å². The van der Waals surface area contributed by atoms with E-state index in [-0.39, 0.29) is 17.3 Å². The molecule has 8 heteroatoms. The van der Waals surface area contributed by atoms with Gasteiger partial charge in [0.2, 0.25) is 10.0 Å². The van der Waals surface area contributed by atoms with Crippen LogP contribution >= 0.6 is 0 Å². The standard InChI is InChI=1S/C20H26N2O5S/c1-5-12-22(14-15-6-8-16(9-7-15)20(23)21-2)28(24,25)17-10-11-18(26-3)19(13-17)27-4/h6-11,13H,5,12,14H2,1-4H3,(H,21,23). The van der Waals surface area contributed by atoms with Gasteiger partial charge in [-0.2, -0.15) is 4.31 Å². The second kappa shape index (κ2) is 9.57. The lowest BCUT2D eigenvalue weighted by Crippen LogP contribution is -2.31. The van der Waals surface area contributed by atoms with Gasteiger partial charge in [-0.15, -0.1) is 0 Å². The summed E-state index contributed by atoms with van der Waals surface area (Å²) in [6, 6.07) is 11.4. The maximum atomic E-state index is 13.2.